The Morgan fingerprint density at radius 3 is 2.33 bits per heavy atom. The quantitative estimate of drug-likeness (QED) is 0.701. The van der Waals surface area contributed by atoms with Crippen molar-refractivity contribution in [1.29, 1.82) is 0 Å². The molecule has 0 aromatic heterocycles. The van der Waals surface area contributed by atoms with Crippen molar-refractivity contribution < 1.29 is 0 Å². The van der Waals surface area contributed by atoms with Crippen molar-refractivity contribution in [1.82, 2.24) is 9.80 Å². The standard InChI is InChI=1S/C13H26N2/c1-5-13(4)9-14(10-13)6-12-7-15(8-12)11(2)3/h11-12H,5-10H2,1-4H3. The highest BCUT2D eigenvalue weighted by atomic mass is 15.3. The van der Waals surface area contributed by atoms with Gasteiger partial charge in [0, 0.05) is 38.8 Å². The first-order valence-electron chi connectivity index (χ1n) is 6.49. The van der Waals surface area contributed by atoms with E-state index in [2.05, 4.69) is 37.5 Å². The number of hydrogen-bond donors (Lipinski definition) is 0. The van der Waals surface area contributed by atoms with Gasteiger partial charge in [-0.3, -0.25) is 0 Å². The van der Waals surface area contributed by atoms with Crippen LogP contribution in [0.3, 0.4) is 0 Å². The lowest BCUT2D eigenvalue weighted by Crippen LogP contribution is -2.60. The number of rotatable bonds is 4. The summed E-state index contributed by atoms with van der Waals surface area (Å²) in [6, 6.07) is 0.749. The van der Waals surface area contributed by atoms with Gasteiger partial charge in [0.1, 0.15) is 0 Å². The van der Waals surface area contributed by atoms with Crippen LogP contribution in [0.1, 0.15) is 34.1 Å². The van der Waals surface area contributed by atoms with E-state index in [-0.39, 0.29) is 0 Å². The number of hydrogen-bond acceptors (Lipinski definition) is 2. The van der Waals surface area contributed by atoms with Crippen LogP contribution in [0, 0.1) is 11.3 Å². The minimum Gasteiger partial charge on any atom is -0.302 e. The van der Waals surface area contributed by atoms with Crippen molar-refractivity contribution in [3.8, 4) is 0 Å². The van der Waals surface area contributed by atoms with E-state index in [0.29, 0.717) is 5.41 Å². The molecule has 2 aliphatic rings. The first kappa shape index (κ1) is 11.4. The SMILES string of the molecule is CCC1(C)CN(CC2CN(C(C)C)C2)C1. The molecule has 15 heavy (non-hydrogen) atoms. The minimum atomic E-state index is 0.640. The van der Waals surface area contributed by atoms with Gasteiger partial charge in [-0.05, 0) is 31.6 Å². The summed E-state index contributed by atoms with van der Waals surface area (Å²) in [5.41, 5.74) is 0.640. The van der Waals surface area contributed by atoms with E-state index < -0.39 is 0 Å². The second kappa shape index (κ2) is 4.06. The molecule has 0 N–H and O–H groups in total. The molecule has 88 valence electrons. The molecule has 0 aromatic rings. The molecule has 0 bridgehead atoms. The average molecular weight is 210 g/mol. The highest BCUT2D eigenvalue weighted by Gasteiger charge is 2.39. The van der Waals surface area contributed by atoms with Gasteiger partial charge in [-0.1, -0.05) is 13.8 Å². The second-order valence-electron chi connectivity index (χ2n) is 6.25. The molecule has 2 heterocycles. The van der Waals surface area contributed by atoms with Crippen molar-refractivity contribution in [2.24, 2.45) is 11.3 Å². The lowest BCUT2D eigenvalue weighted by atomic mass is 9.78. The molecule has 0 spiro atoms. The molecule has 0 radical (unpaired) electrons. The smallest absolute Gasteiger partial charge is 0.00478 e. The zero-order chi connectivity index (χ0) is 11.1. The van der Waals surface area contributed by atoms with Crippen LogP contribution in [0.4, 0.5) is 0 Å². The van der Waals surface area contributed by atoms with E-state index in [9.17, 15) is 0 Å². The van der Waals surface area contributed by atoms with Gasteiger partial charge in [0.15, 0.2) is 0 Å². The predicted molar refractivity (Wildman–Crippen MR) is 65.0 cm³/mol. The van der Waals surface area contributed by atoms with E-state index in [1.165, 1.54) is 39.1 Å². The summed E-state index contributed by atoms with van der Waals surface area (Å²) in [4.78, 5) is 5.22. The molecule has 2 aliphatic heterocycles. The van der Waals surface area contributed by atoms with E-state index in [4.69, 9.17) is 0 Å². The summed E-state index contributed by atoms with van der Waals surface area (Å²) >= 11 is 0. The maximum absolute atomic E-state index is 2.64. The maximum atomic E-state index is 2.64. The maximum Gasteiger partial charge on any atom is 0.00478 e. The lowest BCUT2D eigenvalue weighted by molar-refractivity contribution is -0.0322. The fourth-order valence-electron chi connectivity index (χ4n) is 2.90. The molecule has 2 saturated heterocycles. The van der Waals surface area contributed by atoms with Crippen molar-refractivity contribution >= 4 is 0 Å². The summed E-state index contributed by atoms with van der Waals surface area (Å²) in [5, 5.41) is 0. The van der Waals surface area contributed by atoms with Crippen LogP contribution >= 0.6 is 0 Å². The van der Waals surface area contributed by atoms with Crippen LogP contribution in [0.5, 0.6) is 0 Å². The van der Waals surface area contributed by atoms with E-state index in [1.54, 1.807) is 0 Å². The molecule has 0 aliphatic carbocycles. The molecule has 0 amide bonds. The Morgan fingerprint density at radius 1 is 1.27 bits per heavy atom. The fraction of sp³-hybridized carbons (Fsp3) is 1.00. The lowest BCUT2D eigenvalue weighted by Gasteiger charge is -2.52. The first-order chi connectivity index (χ1) is 7.02. The second-order valence-corrected chi connectivity index (χ2v) is 6.25. The van der Waals surface area contributed by atoms with Crippen molar-refractivity contribution in [3.63, 3.8) is 0 Å². The van der Waals surface area contributed by atoms with Crippen molar-refractivity contribution in [3.05, 3.63) is 0 Å². The van der Waals surface area contributed by atoms with Crippen molar-refractivity contribution in [2.45, 2.75) is 40.2 Å². The highest BCUT2D eigenvalue weighted by Crippen LogP contribution is 2.34. The van der Waals surface area contributed by atoms with Gasteiger partial charge in [0.2, 0.25) is 0 Å². The Kier molecular flexibility index (Phi) is 3.09. The first-order valence-corrected chi connectivity index (χ1v) is 6.49. The summed E-state index contributed by atoms with van der Waals surface area (Å²) in [5.74, 6) is 0.953. The van der Waals surface area contributed by atoms with Gasteiger partial charge >= 0.3 is 0 Å². The van der Waals surface area contributed by atoms with Gasteiger partial charge in [-0.2, -0.15) is 0 Å². The normalized spacial score (nSPS) is 27.8. The number of nitrogens with zero attached hydrogens (tertiary/aromatic N) is 2. The highest BCUT2D eigenvalue weighted by molar-refractivity contribution is 4.93. The summed E-state index contributed by atoms with van der Waals surface area (Å²) in [7, 11) is 0. The average Bonchev–Trinajstić information content (AvgIpc) is 2.05. The van der Waals surface area contributed by atoms with E-state index in [1.807, 2.05) is 0 Å². The van der Waals surface area contributed by atoms with E-state index >= 15 is 0 Å². The summed E-state index contributed by atoms with van der Waals surface area (Å²) in [6.07, 6.45) is 1.34. The topological polar surface area (TPSA) is 6.48 Å². The Balaban J connectivity index is 1.62. The molecule has 0 atom stereocenters. The summed E-state index contributed by atoms with van der Waals surface area (Å²) < 4.78 is 0. The van der Waals surface area contributed by atoms with Crippen molar-refractivity contribution in [2.75, 3.05) is 32.7 Å². The third kappa shape index (κ3) is 2.36. The van der Waals surface area contributed by atoms with Gasteiger partial charge < -0.3 is 9.80 Å². The van der Waals surface area contributed by atoms with Crippen LogP contribution in [0.2, 0.25) is 0 Å². The van der Waals surface area contributed by atoms with Gasteiger partial charge in [-0.25, -0.2) is 0 Å². The van der Waals surface area contributed by atoms with E-state index in [0.717, 1.165) is 12.0 Å². The van der Waals surface area contributed by atoms with Crippen LogP contribution in [-0.4, -0.2) is 48.6 Å². The third-order valence-electron chi connectivity index (χ3n) is 4.30. The molecule has 2 nitrogen and oxygen atoms in total. The number of likely N-dealkylation sites (tertiary alicyclic amines) is 2. The molecule has 2 heteroatoms. The largest absolute Gasteiger partial charge is 0.302 e. The molecule has 2 fully saturated rings. The molecular weight excluding hydrogens is 184 g/mol. The third-order valence-corrected chi connectivity index (χ3v) is 4.30. The molecule has 0 aromatic carbocycles. The Bertz CT molecular complexity index is 213. The van der Waals surface area contributed by atoms with Crippen LogP contribution in [-0.2, 0) is 0 Å². The van der Waals surface area contributed by atoms with Gasteiger partial charge in [0.05, 0.1) is 0 Å². The Labute approximate surface area is 94.6 Å². The Hall–Kier alpha value is -0.0800. The minimum absolute atomic E-state index is 0.640. The molecule has 0 saturated carbocycles. The zero-order valence-electron chi connectivity index (χ0n) is 10.8. The molecular formula is C13H26N2. The molecule has 0 unspecified atom stereocenters. The Morgan fingerprint density at radius 2 is 1.87 bits per heavy atom. The zero-order valence-corrected chi connectivity index (χ0v) is 10.8. The molecule has 2 rings (SSSR count). The monoisotopic (exact) mass is 210 g/mol. The van der Waals surface area contributed by atoms with Gasteiger partial charge in [0.25, 0.3) is 0 Å². The fourth-order valence-corrected chi connectivity index (χ4v) is 2.90. The summed E-state index contributed by atoms with van der Waals surface area (Å²) in [6.45, 7) is 16.0. The van der Waals surface area contributed by atoms with Crippen LogP contribution < -0.4 is 0 Å². The van der Waals surface area contributed by atoms with Crippen LogP contribution in [0.15, 0.2) is 0 Å². The predicted octanol–water partition coefficient (Wildman–Crippen LogP) is 2.06. The van der Waals surface area contributed by atoms with Crippen LogP contribution in [0.25, 0.3) is 0 Å². The van der Waals surface area contributed by atoms with Gasteiger partial charge in [-0.15, -0.1) is 0 Å².